The lowest BCUT2D eigenvalue weighted by atomic mass is 10.0. The highest BCUT2D eigenvalue weighted by molar-refractivity contribution is 7.10. The van der Waals surface area contributed by atoms with E-state index in [2.05, 4.69) is 16.0 Å². The molecule has 8 nitrogen and oxygen atoms in total. The highest BCUT2D eigenvalue weighted by Gasteiger charge is 2.22. The first-order valence-corrected chi connectivity index (χ1v) is 9.16. The quantitative estimate of drug-likeness (QED) is 0.481. The predicted molar refractivity (Wildman–Crippen MR) is 97.5 cm³/mol. The second-order valence-corrected chi connectivity index (χ2v) is 7.32. The van der Waals surface area contributed by atoms with Crippen LogP contribution in [0.15, 0.2) is 17.5 Å². The molecule has 0 aromatic carbocycles. The summed E-state index contributed by atoms with van der Waals surface area (Å²) in [6, 6.07) is 2.18. The molecule has 0 fully saturated rings. The van der Waals surface area contributed by atoms with Gasteiger partial charge in [-0.3, -0.25) is 14.4 Å². The van der Waals surface area contributed by atoms with Crippen LogP contribution in [-0.4, -0.2) is 41.4 Å². The maximum Gasteiger partial charge on any atom is 0.326 e. The molecule has 1 aromatic heterocycles. The summed E-state index contributed by atoms with van der Waals surface area (Å²) in [6.45, 7) is 4.76. The summed E-state index contributed by atoms with van der Waals surface area (Å²) in [6.07, 6.45) is 0.291. The molecule has 0 spiro atoms. The van der Waals surface area contributed by atoms with Gasteiger partial charge in [0.05, 0.1) is 19.0 Å². The molecule has 1 unspecified atom stereocenters. The molecule has 0 aliphatic rings. The van der Waals surface area contributed by atoms with Gasteiger partial charge in [-0.25, -0.2) is 4.79 Å². The Bertz CT molecular complexity index is 630. The zero-order chi connectivity index (χ0) is 19.7. The summed E-state index contributed by atoms with van der Waals surface area (Å²) in [5.74, 6) is -2.24. The Morgan fingerprint density at radius 2 is 1.85 bits per heavy atom. The van der Waals surface area contributed by atoms with Gasteiger partial charge in [-0.1, -0.05) is 19.9 Å². The van der Waals surface area contributed by atoms with E-state index in [4.69, 9.17) is 5.11 Å². The van der Waals surface area contributed by atoms with Crippen molar-refractivity contribution in [2.45, 2.75) is 45.7 Å². The lowest BCUT2D eigenvalue weighted by molar-refractivity contribution is -0.142. The van der Waals surface area contributed by atoms with Crippen molar-refractivity contribution in [1.82, 2.24) is 16.0 Å². The van der Waals surface area contributed by atoms with Crippen LogP contribution in [0.2, 0.25) is 0 Å². The van der Waals surface area contributed by atoms with Crippen LogP contribution in [0.3, 0.4) is 0 Å². The van der Waals surface area contributed by atoms with Crippen molar-refractivity contribution >= 4 is 35.0 Å². The molecular weight excluding hydrogens is 358 g/mol. The van der Waals surface area contributed by atoms with E-state index in [-0.39, 0.29) is 24.8 Å². The minimum atomic E-state index is -1.11. The molecule has 1 aromatic rings. The molecule has 3 amide bonds. The highest BCUT2D eigenvalue weighted by Crippen LogP contribution is 2.21. The monoisotopic (exact) mass is 383 g/mol. The average molecular weight is 383 g/mol. The van der Waals surface area contributed by atoms with Gasteiger partial charge in [0.1, 0.15) is 6.04 Å². The van der Waals surface area contributed by atoms with Gasteiger partial charge in [0.15, 0.2) is 0 Å². The smallest absolute Gasteiger partial charge is 0.326 e. The molecule has 2 atom stereocenters. The van der Waals surface area contributed by atoms with Crippen molar-refractivity contribution in [1.29, 1.82) is 0 Å². The Morgan fingerprint density at radius 3 is 2.35 bits per heavy atom. The predicted octanol–water partition coefficient (Wildman–Crippen LogP) is 1.05. The summed E-state index contributed by atoms with van der Waals surface area (Å²) < 4.78 is 0. The number of carboxylic acid groups (broad SMARTS) is 1. The van der Waals surface area contributed by atoms with E-state index in [9.17, 15) is 19.2 Å². The van der Waals surface area contributed by atoms with E-state index >= 15 is 0 Å². The number of carboxylic acids is 1. The summed E-state index contributed by atoms with van der Waals surface area (Å²) in [7, 11) is 0. The van der Waals surface area contributed by atoms with Crippen LogP contribution >= 0.6 is 11.3 Å². The van der Waals surface area contributed by atoms with Gasteiger partial charge < -0.3 is 21.1 Å². The fourth-order valence-electron chi connectivity index (χ4n) is 2.33. The third kappa shape index (κ3) is 8.11. The lowest BCUT2D eigenvalue weighted by Gasteiger charge is -2.18. The van der Waals surface area contributed by atoms with Crippen LogP contribution < -0.4 is 16.0 Å². The molecule has 0 saturated heterocycles. The van der Waals surface area contributed by atoms with Crippen molar-refractivity contribution < 1.29 is 24.3 Å². The molecule has 26 heavy (non-hydrogen) atoms. The highest BCUT2D eigenvalue weighted by atomic mass is 32.1. The van der Waals surface area contributed by atoms with Crippen LogP contribution in [0.25, 0.3) is 0 Å². The number of carbonyl (C=O) groups is 4. The van der Waals surface area contributed by atoms with Crippen LogP contribution in [-0.2, 0) is 19.2 Å². The molecule has 0 aliphatic heterocycles. The zero-order valence-corrected chi connectivity index (χ0v) is 15.9. The van der Waals surface area contributed by atoms with Crippen LogP contribution in [0.1, 0.15) is 44.5 Å². The second-order valence-electron chi connectivity index (χ2n) is 6.34. The molecule has 4 N–H and O–H groups in total. The molecule has 9 heteroatoms. The summed E-state index contributed by atoms with van der Waals surface area (Å²) in [5, 5.41) is 18.5. The Morgan fingerprint density at radius 1 is 1.15 bits per heavy atom. The number of carbonyl (C=O) groups excluding carboxylic acids is 3. The summed E-state index contributed by atoms with van der Waals surface area (Å²) >= 11 is 1.42. The van der Waals surface area contributed by atoms with E-state index in [1.54, 1.807) is 0 Å². The molecule has 0 bridgehead atoms. The average Bonchev–Trinajstić information content (AvgIpc) is 3.05. The summed E-state index contributed by atoms with van der Waals surface area (Å²) in [4.78, 5) is 47.3. The van der Waals surface area contributed by atoms with Gasteiger partial charge in [0.25, 0.3) is 0 Å². The van der Waals surface area contributed by atoms with Crippen molar-refractivity contribution in [3.8, 4) is 0 Å². The van der Waals surface area contributed by atoms with E-state index < -0.39 is 29.9 Å². The van der Waals surface area contributed by atoms with Crippen molar-refractivity contribution in [2.75, 3.05) is 6.54 Å². The number of thiophene rings is 1. The number of hydrogen-bond acceptors (Lipinski definition) is 5. The number of aliphatic carboxylic acids is 1. The van der Waals surface area contributed by atoms with E-state index in [0.29, 0.717) is 6.42 Å². The van der Waals surface area contributed by atoms with Crippen molar-refractivity contribution in [2.24, 2.45) is 5.92 Å². The van der Waals surface area contributed by atoms with E-state index in [1.165, 1.54) is 18.3 Å². The number of nitrogens with one attached hydrogen (secondary N) is 3. The molecule has 1 rings (SSSR count). The molecule has 144 valence electrons. The fourth-order valence-corrected chi connectivity index (χ4v) is 3.11. The maximum atomic E-state index is 12.1. The zero-order valence-electron chi connectivity index (χ0n) is 15.1. The third-order valence-corrected chi connectivity index (χ3v) is 4.43. The van der Waals surface area contributed by atoms with Crippen molar-refractivity contribution in [3.05, 3.63) is 22.4 Å². The Kier molecular flexibility index (Phi) is 8.77. The third-order valence-electron chi connectivity index (χ3n) is 3.44. The lowest BCUT2D eigenvalue weighted by Crippen LogP contribution is -2.46. The second kappa shape index (κ2) is 10.5. The topological polar surface area (TPSA) is 125 Å². The Balaban J connectivity index is 2.52. The van der Waals surface area contributed by atoms with Crippen LogP contribution in [0.5, 0.6) is 0 Å². The Hall–Kier alpha value is -2.42. The van der Waals surface area contributed by atoms with Gasteiger partial charge >= 0.3 is 5.97 Å². The number of hydrogen-bond donors (Lipinski definition) is 4. The number of rotatable bonds is 10. The first-order chi connectivity index (χ1) is 12.2. The summed E-state index contributed by atoms with van der Waals surface area (Å²) in [5.41, 5.74) is 0. The van der Waals surface area contributed by atoms with Crippen molar-refractivity contribution in [3.63, 3.8) is 0 Å². The molecule has 0 saturated carbocycles. The fraction of sp³-hybridized carbons (Fsp3) is 0.529. The normalized spacial score (nSPS) is 12.9. The SMILES string of the molecule is CC(=O)NC(CC(=O)NCC(=O)N[C@@H](CC(C)C)C(=O)O)c1cccs1. The van der Waals surface area contributed by atoms with Gasteiger partial charge in [-0.2, -0.15) is 0 Å². The molecule has 0 radical (unpaired) electrons. The Labute approximate surface area is 156 Å². The molecule has 0 aliphatic carbocycles. The maximum absolute atomic E-state index is 12.1. The van der Waals surface area contributed by atoms with Crippen LogP contribution in [0.4, 0.5) is 0 Å². The van der Waals surface area contributed by atoms with Crippen LogP contribution in [0, 0.1) is 5.92 Å². The van der Waals surface area contributed by atoms with Gasteiger partial charge in [-0.15, -0.1) is 11.3 Å². The van der Waals surface area contributed by atoms with E-state index in [0.717, 1.165) is 4.88 Å². The first kappa shape index (κ1) is 21.6. The molecule has 1 heterocycles. The van der Waals surface area contributed by atoms with Gasteiger partial charge in [0.2, 0.25) is 17.7 Å². The largest absolute Gasteiger partial charge is 0.480 e. The van der Waals surface area contributed by atoms with E-state index in [1.807, 2.05) is 31.4 Å². The minimum absolute atomic E-state index is 0.0122. The van der Waals surface area contributed by atoms with Gasteiger partial charge in [0, 0.05) is 11.8 Å². The molecular formula is C17H25N3O5S. The first-order valence-electron chi connectivity index (χ1n) is 8.28. The minimum Gasteiger partial charge on any atom is -0.480 e. The standard InChI is InChI=1S/C17H25N3O5S/c1-10(2)7-13(17(24)25)20-16(23)9-18-15(22)8-12(19-11(3)21)14-5-4-6-26-14/h4-6,10,12-13H,7-9H2,1-3H3,(H,18,22)(H,19,21)(H,20,23)(H,24,25)/t12?,13-/m0/s1. The van der Waals surface area contributed by atoms with Gasteiger partial charge in [-0.05, 0) is 23.8 Å². The number of amides is 3.